The van der Waals surface area contributed by atoms with Gasteiger partial charge in [-0.2, -0.15) is 0 Å². The topological polar surface area (TPSA) is 64.3 Å². The molecule has 0 aromatic rings. The van der Waals surface area contributed by atoms with Crippen LogP contribution in [0.15, 0.2) is 0 Å². The summed E-state index contributed by atoms with van der Waals surface area (Å²) < 4.78 is 5.45. The summed E-state index contributed by atoms with van der Waals surface area (Å²) in [5, 5.41) is 2.84. The number of ether oxygens (including phenoxy) is 1. The maximum atomic E-state index is 11.4. The molecule has 2 atom stereocenters. The molecular formula is C11H22N2O2. The molecule has 1 fully saturated rings. The SMILES string of the molecule is CCC(N)CNC(=O)CCC1CCCO1. The Hall–Kier alpha value is -0.610. The fourth-order valence-corrected chi connectivity index (χ4v) is 1.64. The second-order valence-electron chi connectivity index (χ2n) is 4.15. The van der Waals surface area contributed by atoms with Gasteiger partial charge in [-0.25, -0.2) is 0 Å². The van der Waals surface area contributed by atoms with Crippen LogP contribution >= 0.6 is 0 Å². The van der Waals surface area contributed by atoms with E-state index in [9.17, 15) is 4.79 Å². The first-order valence-electron chi connectivity index (χ1n) is 5.86. The predicted octanol–water partition coefficient (Wildman–Crippen LogP) is 0.799. The van der Waals surface area contributed by atoms with Crippen LogP contribution in [0.5, 0.6) is 0 Å². The normalized spacial score (nSPS) is 22.7. The van der Waals surface area contributed by atoms with Gasteiger partial charge in [0, 0.05) is 25.6 Å². The van der Waals surface area contributed by atoms with Crippen LogP contribution < -0.4 is 11.1 Å². The molecule has 1 aliphatic heterocycles. The van der Waals surface area contributed by atoms with Gasteiger partial charge in [0.05, 0.1) is 6.10 Å². The summed E-state index contributed by atoms with van der Waals surface area (Å²) in [5.41, 5.74) is 5.70. The van der Waals surface area contributed by atoms with Crippen LogP contribution in [0.2, 0.25) is 0 Å². The van der Waals surface area contributed by atoms with Crippen molar-refractivity contribution in [2.24, 2.45) is 5.73 Å². The molecule has 0 aromatic heterocycles. The van der Waals surface area contributed by atoms with Gasteiger partial charge >= 0.3 is 0 Å². The molecule has 88 valence electrons. The summed E-state index contributed by atoms with van der Waals surface area (Å²) in [4.78, 5) is 11.4. The van der Waals surface area contributed by atoms with Crippen LogP contribution in [-0.2, 0) is 9.53 Å². The van der Waals surface area contributed by atoms with Crippen molar-refractivity contribution in [3.05, 3.63) is 0 Å². The van der Waals surface area contributed by atoms with Gasteiger partial charge in [-0.15, -0.1) is 0 Å². The van der Waals surface area contributed by atoms with E-state index in [1.165, 1.54) is 0 Å². The zero-order chi connectivity index (χ0) is 11.1. The van der Waals surface area contributed by atoms with E-state index in [1.54, 1.807) is 0 Å². The number of nitrogens with two attached hydrogens (primary N) is 1. The second kappa shape index (κ2) is 6.80. The zero-order valence-electron chi connectivity index (χ0n) is 9.50. The first-order valence-corrected chi connectivity index (χ1v) is 5.86. The highest BCUT2D eigenvalue weighted by molar-refractivity contribution is 5.75. The minimum atomic E-state index is 0.0803. The number of carbonyl (C=O) groups is 1. The fourth-order valence-electron chi connectivity index (χ4n) is 1.64. The Labute approximate surface area is 91.5 Å². The van der Waals surface area contributed by atoms with Crippen molar-refractivity contribution >= 4 is 5.91 Å². The van der Waals surface area contributed by atoms with Crippen LogP contribution in [0.3, 0.4) is 0 Å². The van der Waals surface area contributed by atoms with E-state index < -0.39 is 0 Å². The number of hydrogen-bond acceptors (Lipinski definition) is 3. The summed E-state index contributed by atoms with van der Waals surface area (Å²) in [6, 6.07) is 0.0803. The zero-order valence-corrected chi connectivity index (χ0v) is 9.50. The van der Waals surface area contributed by atoms with Gasteiger partial charge in [-0.05, 0) is 25.7 Å². The maximum absolute atomic E-state index is 11.4. The first-order chi connectivity index (χ1) is 7.22. The standard InChI is InChI=1S/C11H22N2O2/c1-2-9(12)8-13-11(14)6-5-10-4-3-7-15-10/h9-10H,2-8,12H2,1H3,(H,13,14). The molecule has 4 nitrogen and oxygen atoms in total. The first kappa shape index (κ1) is 12.5. The van der Waals surface area contributed by atoms with Crippen molar-refractivity contribution in [2.75, 3.05) is 13.2 Å². The summed E-state index contributed by atoms with van der Waals surface area (Å²) >= 11 is 0. The van der Waals surface area contributed by atoms with E-state index in [0.717, 1.165) is 32.3 Å². The second-order valence-corrected chi connectivity index (χ2v) is 4.15. The molecule has 0 bridgehead atoms. The van der Waals surface area contributed by atoms with E-state index >= 15 is 0 Å². The van der Waals surface area contributed by atoms with Crippen LogP contribution in [0, 0.1) is 0 Å². The third-order valence-corrected chi connectivity index (χ3v) is 2.80. The largest absolute Gasteiger partial charge is 0.378 e. The molecule has 3 N–H and O–H groups in total. The van der Waals surface area contributed by atoms with Gasteiger partial charge in [0.15, 0.2) is 0 Å². The van der Waals surface area contributed by atoms with Crippen molar-refractivity contribution in [2.45, 2.75) is 51.2 Å². The van der Waals surface area contributed by atoms with Gasteiger partial charge in [0.1, 0.15) is 0 Å². The molecule has 0 aliphatic carbocycles. The van der Waals surface area contributed by atoms with Crippen LogP contribution in [0.1, 0.15) is 39.0 Å². The molecule has 15 heavy (non-hydrogen) atoms. The van der Waals surface area contributed by atoms with Crippen molar-refractivity contribution in [3.8, 4) is 0 Å². The van der Waals surface area contributed by atoms with Gasteiger partial charge in [0.25, 0.3) is 0 Å². The molecule has 1 heterocycles. The number of hydrogen-bond donors (Lipinski definition) is 2. The van der Waals surface area contributed by atoms with E-state index in [0.29, 0.717) is 19.1 Å². The Balaban J connectivity index is 2.02. The maximum Gasteiger partial charge on any atom is 0.220 e. The number of amides is 1. The van der Waals surface area contributed by atoms with Gasteiger partial charge in [-0.3, -0.25) is 4.79 Å². The lowest BCUT2D eigenvalue weighted by molar-refractivity contribution is -0.121. The van der Waals surface area contributed by atoms with Crippen molar-refractivity contribution in [1.82, 2.24) is 5.32 Å². The lowest BCUT2D eigenvalue weighted by Crippen LogP contribution is -2.36. The summed E-state index contributed by atoms with van der Waals surface area (Å²) in [6.07, 6.45) is 4.82. The third kappa shape index (κ3) is 5.14. The average molecular weight is 214 g/mol. The van der Waals surface area contributed by atoms with Gasteiger partial charge in [-0.1, -0.05) is 6.92 Å². The smallest absolute Gasteiger partial charge is 0.220 e. The molecule has 1 aliphatic rings. The molecule has 0 aromatic carbocycles. The van der Waals surface area contributed by atoms with Gasteiger partial charge in [0.2, 0.25) is 5.91 Å². The molecule has 0 radical (unpaired) electrons. The van der Waals surface area contributed by atoms with Crippen molar-refractivity contribution < 1.29 is 9.53 Å². The number of rotatable bonds is 6. The van der Waals surface area contributed by atoms with Crippen molar-refractivity contribution in [1.29, 1.82) is 0 Å². The quantitative estimate of drug-likeness (QED) is 0.687. The van der Waals surface area contributed by atoms with Crippen LogP contribution in [0.25, 0.3) is 0 Å². The highest BCUT2D eigenvalue weighted by Gasteiger charge is 2.16. The summed E-state index contributed by atoms with van der Waals surface area (Å²) in [6.45, 7) is 3.46. The van der Waals surface area contributed by atoms with E-state index in [1.807, 2.05) is 6.92 Å². The molecule has 1 amide bonds. The lowest BCUT2D eigenvalue weighted by atomic mass is 10.1. The van der Waals surface area contributed by atoms with Crippen LogP contribution in [0.4, 0.5) is 0 Å². The molecule has 2 unspecified atom stereocenters. The highest BCUT2D eigenvalue weighted by Crippen LogP contribution is 2.16. The summed E-state index contributed by atoms with van der Waals surface area (Å²) in [7, 11) is 0. The average Bonchev–Trinajstić information content (AvgIpc) is 2.75. The van der Waals surface area contributed by atoms with E-state index in [2.05, 4.69) is 5.32 Å². The molecule has 1 saturated heterocycles. The predicted molar refractivity (Wildman–Crippen MR) is 59.5 cm³/mol. The number of carbonyl (C=O) groups excluding carboxylic acids is 1. The van der Waals surface area contributed by atoms with Crippen LogP contribution in [-0.4, -0.2) is 31.2 Å². The molecule has 0 spiro atoms. The Bertz CT molecular complexity index is 191. The Morgan fingerprint density at radius 2 is 2.47 bits per heavy atom. The Morgan fingerprint density at radius 3 is 3.07 bits per heavy atom. The minimum absolute atomic E-state index is 0.0803. The third-order valence-electron chi connectivity index (χ3n) is 2.80. The van der Waals surface area contributed by atoms with E-state index in [4.69, 9.17) is 10.5 Å². The lowest BCUT2D eigenvalue weighted by Gasteiger charge is -2.11. The highest BCUT2D eigenvalue weighted by atomic mass is 16.5. The molecule has 0 saturated carbocycles. The summed E-state index contributed by atoms with van der Waals surface area (Å²) in [5.74, 6) is 0.0920. The minimum Gasteiger partial charge on any atom is -0.378 e. The van der Waals surface area contributed by atoms with E-state index in [-0.39, 0.29) is 11.9 Å². The Morgan fingerprint density at radius 1 is 1.67 bits per heavy atom. The fraction of sp³-hybridized carbons (Fsp3) is 0.909. The molecule has 4 heteroatoms. The molecular weight excluding hydrogens is 192 g/mol. The van der Waals surface area contributed by atoms with Crippen molar-refractivity contribution in [3.63, 3.8) is 0 Å². The monoisotopic (exact) mass is 214 g/mol. The molecule has 1 rings (SSSR count). The Kier molecular flexibility index (Phi) is 5.65. The van der Waals surface area contributed by atoms with Gasteiger partial charge < -0.3 is 15.8 Å². The number of nitrogens with one attached hydrogen (secondary N) is 1.